The molecule has 0 aliphatic heterocycles. The van der Waals surface area contributed by atoms with Crippen molar-refractivity contribution in [3.63, 3.8) is 0 Å². The molecule has 0 N–H and O–H groups in total. The molecule has 0 aromatic heterocycles. The minimum Gasteiger partial charge on any atom is -0.788 e. The Balaban J connectivity index is -0.0000000784. The van der Waals surface area contributed by atoms with Crippen LogP contribution in [0.1, 0.15) is 0 Å². The third-order valence-corrected chi connectivity index (χ3v) is 3.39. The summed E-state index contributed by atoms with van der Waals surface area (Å²) in [4.78, 5) is 97.9. The van der Waals surface area contributed by atoms with E-state index in [1.807, 2.05) is 0 Å². The van der Waals surface area contributed by atoms with Gasteiger partial charge >= 0.3 is 204 Å². The van der Waals surface area contributed by atoms with Crippen LogP contribution in [-0.4, -0.2) is 189 Å². The van der Waals surface area contributed by atoms with Crippen molar-refractivity contribution in [1.82, 2.24) is 0 Å². The normalized spacial score (nSPS) is 12.2. The van der Waals surface area contributed by atoms with Gasteiger partial charge in [0.15, 0.2) is 0 Å². The minimum absolute atomic E-state index is 0. The molecular formula is Ca5O24P6. The van der Waals surface area contributed by atoms with Gasteiger partial charge < -0.3 is 67.2 Å². The van der Waals surface area contributed by atoms with E-state index >= 15 is 0 Å². The topological polar surface area (TPSA) is 407 Å². The number of rotatable bonds is 12. The van der Waals surface area contributed by atoms with Crippen LogP contribution in [0, 0.1) is 0 Å². The zero-order valence-corrected chi connectivity index (χ0v) is 32.4. The third-order valence-electron chi connectivity index (χ3n) is 0.864. The van der Waals surface area contributed by atoms with E-state index in [-0.39, 0.29) is 189 Å². The molecule has 0 aliphatic carbocycles. The molecule has 0 atom stereocenters. The third kappa shape index (κ3) is 50.9. The van der Waals surface area contributed by atoms with Gasteiger partial charge in [0.2, 0.25) is 0 Å². The van der Waals surface area contributed by atoms with Crippen LogP contribution < -0.4 is 48.9 Å². The van der Waals surface area contributed by atoms with E-state index in [1.54, 1.807) is 0 Å². The molecular weight excluding hydrogens is 770 g/mol. The molecule has 184 valence electrons. The monoisotopic (exact) mass is 770 g/mol. The van der Waals surface area contributed by atoms with E-state index < -0.39 is 46.9 Å². The van der Waals surface area contributed by atoms with E-state index in [2.05, 4.69) is 37.4 Å². The fourth-order valence-corrected chi connectivity index (χ4v) is 3.01. The average molecular weight is 770 g/mol. The van der Waals surface area contributed by atoms with Gasteiger partial charge in [0.05, 0.1) is 0 Å². The Labute approximate surface area is 342 Å². The molecule has 0 unspecified atom stereocenters. The predicted octanol–water partition coefficient (Wildman–Crippen LogP) is -9.89. The molecule has 0 rings (SSSR count). The molecule has 0 saturated carbocycles. The molecule has 0 spiro atoms. The van der Waals surface area contributed by atoms with Crippen LogP contribution in [0.4, 0.5) is 0 Å². The molecule has 0 amide bonds. The molecule has 0 aromatic rings. The van der Waals surface area contributed by atoms with Crippen molar-refractivity contribution in [1.29, 1.82) is 0 Å². The summed E-state index contributed by atoms with van der Waals surface area (Å²) >= 11 is 0. The van der Waals surface area contributed by atoms with E-state index in [0.717, 1.165) is 0 Å². The number of phosphoric acid groups is 6. The summed E-state index contributed by atoms with van der Waals surface area (Å²) < 4.78 is 81.5. The van der Waals surface area contributed by atoms with Crippen molar-refractivity contribution < 1.29 is 114 Å². The van der Waals surface area contributed by atoms with Gasteiger partial charge in [0.1, 0.15) is 31.3 Å². The van der Waals surface area contributed by atoms with Gasteiger partial charge in [-0.3, -0.25) is 9.13 Å². The van der Waals surface area contributed by atoms with E-state index in [4.69, 9.17) is 0 Å². The summed E-state index contributed by atoms with van der Waals surface area (Å²) in [5, 5.41) is 0. The second kappa shape index (κ2) is 25.2. The first-order chi connectivity index (χ1) is 12.8. The number of hydrogen-bond acceptors (Lipinski definition) is 24. The van der Waals surface area contributed by atoms with Gasteiger partial charge in [-0.25, -0.2) is 0 Å². The molecule has 0 fully saturated rings. The van der Waals surface area contributed by atoms with Crippen molar-refractivity contribution >= 4 is 236 Å². The second-order valence-corrected chi connectivity index (χ2v) is 9.84. The van der Waals surface area contributed by atoms with Crippen LogP contribution in [0.3, 0.4) is 0 Å². The Hall–Kier alpha value is 6.96. The maximum Gasteiger partial charge on any atom is 2.00 e. The second-order valence-electron chi connectivity index (χ2n) is 3.28. The molecule has 0 aromatic carbocycles. The molecule has 0 saturated heterocycles. The smallest absolute Gasteiger partial charge is 0.788 e. The van der Waals surface area contributed by atoms with E-state index in [9.17, 15) is 76.3 Å². The van der Waals surface area contributed by atoms with Gasteiger partial charge in [-0.1, -0.05) is 0 Å². The molecule has 24 nitrogen and oxygen atoms in total. The summed E-state index contributed by atoms with van der Waals surface area (Å²) in [6.07, 6.45) is 0. The van der Waals surface area contributed by atoms with Gasteiger partial charge in [0, 0.05) is 0 Å². The summed E-state index contributed by atoms with van der Waals surface area (Å²) in [5.41, 5.74) is 0. The van der Waals surface area contributed by atoms with Gasteiger partial charge in [-0.05, 0) is 0 Å². The summed E-state index contributed by atoms with van der Waals surface area (Å²) in [7, 11) is -34.6. The standard InChI is InChI=1S/5Ca.2H5O12P3/c;;;;;2*1-13(2,3)9-11-15(7,8)12-10-14(4,5)6/h;;;;;2*(H,7,8)(H2,1,2,3)(H2,4,5,6)/q5*+2;;/p-10. The summed E-state index contributed by atoms with van der Waals surface area (Å²) in [5.74, 6) is 0. The maximum atomic E-state index is 10.3. The molecule has 35 heavy (non-hydrogen) atoms. The van der Waals surface area contributed by atoms with Crippen molar-refractivity contribution in [2.75, 3.05) is 0 Å². The fourth-order valence-electron chi connectivity index (χ4n) is 0.351. The molecule has 0 aliphatic rings. The number of hydrogen-bond donors (Lipinski definition) is 0. The SMILES string of the molecule is O=P([O-])([O-])OOP(=O)([O-])OOP(=O)([O-])[O-].O=P([O-])([O-])OOP(=O)([O-])OOP(=O)([O-])[O-].[Ca+2].[Ca+2].[Ca+2].[Ca+2].[Ca+2]. The molecule has 0 radical (unpaired) electrons. The minimum atomic E-state index is -5.78. The van der Waals surface area contributed by atoms with Crippen LogP contribution in [-0.2, 0) is 64.8 Å². The first-order valence-electron chi connectivity index (χ1n) is 5.05. The van der Waals surface area contributed by atoms with Crippen LogP contribution >= 0.6 is 46.9 Å². The van der Waals surface area contributed by atoms with Crippen molar-refractivity contribution in [3.8, 4) is 0 Å². The Morgan fingerprint density at radius 2 is 0.400 bits per heavy atom. The van der Waals surface area contributed by atoms with Gasteiger partial charge in [-0.2, -0.15) is 37.4 Å². The van der Waals surface area contributed by atoms with Crippen molar-refractivity contribution in [2.45, 2.75) is 0 Å². The largest absolute Gasteiger partial charge is 2.00 e. The van der Waals surface area contributed by atoms with Gasteiger partial charge in [0.25, 0.3) is 0 Å². The zero-order chi connectivity index (χ0) is 24.7. The molecule has 35 heteroatoms. The van der Waals surface area contributed by atoms with Crippen LogP contribution in [0.25, 0.3) is 0 Å². The first-order valence-corrected chi connectivity index (χ1v) is 13.8. The zero-order valence-electron chi connectivity index (χ0n) is 16.0. The average Bonchev–Trinajstić information content (AvgIpc) is 2.46. The molecule has 0 heterocycles. The Morgan fingerprint density at radius 3 is 0.486 bits per heavy atom. The van der Waals surface area contributed by atoms with Crippen molar-refractivity contribution in [2.24, 2.45) is 0 Å². The first kappa shape index (κ1) is 57.6. The Kier molecular flexibility index (Phi) is 41.4. The Morgan fingerprint density at radius 1 is 0.286 bits per heavy atom. The summed E-state index contributed by atoms with van der Waals surface area (Å²) in [6, 6.07) is 0. The van der Waals surface area contributed by atoms with Crippen LogP contribution in [0.15, 0.2) is 0 Å². The fraction of sp³-hybridized carbons (Fsp3) is 0. The van der Waals surface area contributed by atoms with E-state index in [0.29, 0.717) is 0 Å². The molecule has 0 bridgehead atoms. The summed E-state index contributed by atoms with van der Waals surface area (Å²) in [6.45, 7) is 0. The van der Waals surface area contributed by atoms with Crippen LogP contribution in [0.5, 0.6) is 0 Å². The quantitative estimate of drug-likeness (QED) is 0.0769. The van der Waals surface area contributed by atoms with Crippen LogP contribution in [0.2, 0.25) is 0 Å². The van der Waals surface area contributed by atoms with Crippen molar-refractivity contribution in [3.05, 3.63) is 0 Å². The Bertz CT molecular complexity index is 682. The van der Waals surface area contributed by atoms with Gasteiger partial charge in [-0.15, -0.1) is 0 Å². The predicted molar refractivity (Wildman–Crippen MR) is 83.1 cm³/mol. The van der Waals surface area contributed by atoms with E-state index in [1.165, 1.54) is 0 Å². The maximum absolute atomic E-state index is 10.3.